The molecule has 1 radical (unpaired) electrons. The molecular weight excluding hydrogens is 143 g/mol. The third-order valence-corrected chi connectivity index (χ3v) is 1.81. The molecule has 1 fully saturated rings. The molecule has 1 aromatic carbocycles. The highest BCUT2D eigenvalue weighted by Crippen LogP contribution is 2.22. The number of halogens is 1. The van der Waals surface area contributed by atoms with E-state index in [1.165, 1.54) is 18.1 Å². The Morgan fingerprint density at radius 3 is 2.18 bits per heavy atom. The molecule has 2 rings (SSSR count). The van der Waals surface area contributed by atoms with Crippen molar-refractivity contribution >= 4 is 0 Å². The molecule has 0 atom stereocenters. The fourth-order valence-electron chi connectivity index (χ4n) is 1.06. The van der Waals surface area contributed by atoms with Crippen LogP contribution in [0, 0.1) is 11.7 Å². The molecule has 1 nitrogen and oxygen atoms in total. The van der Waals surface area contributed by atoms with Gasteiger partial charge >= 0.3 is 0 Å². The summed E-state index contributed by atoms with van der Waals surface area (Å²) in [7, 11) is 0. The van der Waals surface area contributed by atoms with Gasteiger partial charge in [-0.2, -0.15) is 0 Å². The van der Waals surface area contributed by atoms with E-state index in [0.29, 0.717) is 13.2 Å². The Morgan fingerprint density at radius 1 is 1.09 bits per heavy atom. The summed E-state index contributed by atoms with van der Waals surface area (Å²) < 4.78 is 17.4. The maximum absolute atomic E-state index is 12.4. The lowest BCUT2D eigenvalue weighted by Gasteiger charge is -2.25. The molecule has 0 amide bonds. The Labute approximate surface area is 64.8 Å². The van der Waals surface area contributed by atoms with E-state index in [-0.39, 0.29) is 5.82 Å². The minimum Gasteiger partial charge on any atom is -0.379 e. The van der Waals surface area contributed by atoms with Gasteiger partial charge in [-0.3, -0.25) is 0 Å². The molecule has 0 unspecified atom stereocenters. The van der Waals surface area contributed by atoms with Gasteiger partial charge in [-0.25, -0.2) is 4.39 Å². The summed E-state index contributed by atoms with van der Waals surface area (Å²) in [5.41, 5.74) is 1.10. The fourth-order valence-corrected chi connectivity index (χ4v) is 1.06. The predicted octanol–water partition coefficient (Wildman–Crippen LogP) is 1.78. The summed E-state index contributed by atoms with van der Waals surface area (Å²) >= 11 is 0. The van der Waals surface area contributed by atoms with Gasteiger partial charge in [-0.15, -0.1) is 0 Å². The van der Waals surface area contributed by atoms with Crippen LogP contribution in [-0.4, -0.2) is 13.2 Å². The molecule has 0 bridgehead atoms. The topological polar surface area (TPSA) is 9.23 Å². The van der Waals surface area contributed by atoms with Crippen molar-refractivity contribution in [3.63, 3.8) is 0 Å². The fraction of sp³-hybridized carbons (Fsp3) is 0.222. The molecular formula is C9H8FO. The van der Waals surface area contributed by atoms with Crippen LogP contribution in [0.1, 0.15) is 5.56 Å². The highest BCUT2D eigenvalue weighted by atomic mass is 19.1. The van der Waals surface area contributed by atoms with Crippen molar-refractivity contribution in [2.45, 2.75) is 0 Å². The zero-order chi connectivity index (χ0) is 7.68. The first-order valence-corrected chi connectivity index (χ1v) is 3.54. The van der Waals surface area contributed by atoms with Gasteiger partial charge in [-0.05, 0) is 17.7 Å². The summed E-state index contributed by atoms with van der Waals surface area (Å²) in [6.45, 7) is 1.40. The Kier molecular flexibility index (Phi) is 1.62. The SMILES string of the molecule is Fc1ccc([C]2COC2)cc1. The van der Waals surface area contributed by atoms with Gasteiger partial charge in [0.2, 0.25) is 0 Å². The van der Waals surface area contributed by atoms with E-state index >= 15 is 0 Å². The van der Waals surface area contributed by atoms with Gasteiger partial charge in [0.15, 0.2) is 0 Å². The van der Waals surface area contributed by atoms with Crippen molar-refractivity contribution < 1.29 is 9.13 Å². The van der Waals surface area contributed by atoms with Crippen LogP contribution in [0.2, 0.25) is 0 Å². The smallest absolute Gasteiger partial charge is 0.123 e. The Bertz CT molecular complexity index is 238. The molecule has 0 N–H and O–H groups in total. The Balaban J connectivity index is 2.18. The van der Waals surface area contributed by atoms with Gasteiger partial charge in [-0.1, -0.05) is 12.1 Å². The van der Waals surface area contributed by atoms with Crippen molar-refractivity contribution in [3.8, 4) is 0 Å². The largest absolute Gasteiger partial charge is 0.379 e. The van der Waals surface area contributed by atoms with Crippen molar-refractivity contribution in [2.24, 2.45) is 0 Å². The number of hydrogen-bond acceptors (Lipinski definition) is 1. The van der Waals surface area contributed by atoms with E-state index in [4.69, 9.17) is 4.74 Å². The Morgan fingerprint density at radius 2 is 1.73 bits per heavy atom. The molecule has 57 valence electrons. The van der Waals surface area contributed by atoms with Gasteiger partial charge in [0.25, 0.3) is 0 Å². The number of rotatable bonds is 1. The molecule has 1 saturated heterocycles. The van der Waals surface area contributed by atoms with Crippen LogP contribution in [-0.2, 0) is 4.74 Å². The number of benzene rings is 1. The van der Waals surface area contributed by atoms with Crippen LogP contribution in [0.5, 0.6) is 0 Å². The van der Waals surface area contributed by atoms with Crippen molar-refractivity contribution in [1.82, 2.24) is 0 Å². The van der Waals surface area contributed by atoms with Gasteiger partial charge < -0.3 is 4.74 Å². The lowest BCUT2D eigenvalue weighted by Crippen LogP contribution is -2.25. The van der Waals surface area contributed by atoms with Gasteiger partial charge in [0.05, 0.1) is 19.1 Å². The minimum absolute atomic E-state index is 0.186. The maximum Gasteiger partial charge on any atom is 0.123 e. The molecule has 0 saturated carbocycles. The minimum atomic E-state index is -0.186. The highest BCUT2D eigenvalue weighted by molar-refractivity contribution is 5.33. The lowest BCUT2D eigenvalue weighted by atomic mass is 9.98. The predicted molar refractivity (Wildman–Crippen MR) is 39.6 cm³/mol. The first-order chi connectivity index (χ1) is 5.36. The third-order valence-electron chi connectivity index (χ3n) is 1.81. The van der Waals surface area contributed by atoms with Crippen LogP contribution < -0.4 is 0 Å². The van der Waals surface area contributed by atoms with Gasteiger partial charge in [0, 0.05) is 0 Å². The molecule has 0 aromatic heterocycles. The summed E-state index contributed by atoms with van der Waals surface area (Å²) in [5.74, 6) is 1.07. The van der Waals surface area contributed by atoms with E-state index in [9.17, 15) is 4.39 Å². The molecule has 1 heterocycles. The highest BCUT2D eigenvalue weighted by Gasteiger charge is 2.20. The first-order valence-electron chi connectivity index (χ1n) is 3.54. The van der Waals surface area contributed by atoms with Crippen molar-refractivity contribution in [2.75, 3.05) is 13.2 Å². The van der Waals surface area contributed by atoms with Gasteiger partial charge in [0.1, 0.15) is 5.82 Å². The molecule has 11 heavy (non-hydrogen) atoms. The van der Waals surface area contributed by atoms with Crippen molar-refractivity contribution in [3.05, 3.63) is 41.6 Å². The van der Waals surface area contributed by atoms with Crippen LogP contribution in [0.4, 0.5) is 4.39 Å². The van der Waals surface area contributed by atoms with E-state index in [0.717, 1.165) is 5.56 Å². The van der Waals surface area contributed by atoms with Crippen LogP contribution in [0.25, 0.3) is 0 Å². The van der Waals surface area contributed by atoms with Crippen LogP contribution >= 0.6 is 0 Å². The average Bonchev–Trinajstić information content (AvgIpc) is 1.90. The quantitative estimate of drug-likeness (QED) is 0.594. The third kappa shape index (κ3) is 1.26. The Hall–Kier alpha value is -0.890. The number of hydrogen-bond donors (Lipinski definition) is 0. The summed E-state index contributed by atoms with van der Waals surface area (Å²) in [6.07, 6.45) is 0. The van der Waals surface area contributed by atoms with E-state index < -0.39 is 0 Å². The van der Waals surface area contributed by atoms with E-state index in [2.05, 4.69) is 0 Å². The molecule has 0 spiro atoms. The zero-order valence-corrected chi connectivity index (χ0v) is 6.01. The normalized spacial score (nSPS) is 17.9. The van der Waals surface area contributed by atoms with Crippen LogP contribution in [0.3, 0.4) is 0 Å². The first kappa shape index (κ1) is 6.80. The number of ether oxygens (including phenoxy) is 1. The standard InChI is InChI=1S/C9H8FO/c10-9-3-1-7(2-4-9)8-5-11-6-8/h1-4H,5-6H2. The molecule has 1 aromatic rings. The lowest BCUT2D eigenvalue weighted by molar-refractivity contribution is 0.0733. The second-order valence-electron chi connectivity index (χ2n) is 2.60. The van der Waals surface area contributed by atoms with E-state index in [1.807, 2.05) is 0 Å². The second-order valence-corrected chi connectivity index (χ2v) is 2.60. The average molecular weight is 151 g/mol. The van der Waals surface area contributed by atoms with Crippen LogP contribution in [0.15, 0.2) is 24.3 Å². The molecule has 1 aliphatic heterocycles. The molecule has 0 aliphatic carbocycles. The second kappa shape index (κ2) is 2.62. The maximum atomic E-state index is 12.4. The summed E-state index contributed by atoms with van der Waals surface area (Å²) in [4.78, 5) is 0. The summed E-state index contributed by atoms with van der Waals surface area (Å²) in [5, 5.41) is 0. The summed E-state index contributed by atoms with van der Waals surface area (Å²) in [6, 6.07) is 6.52. The van der Waals surface area contributed by atoms with Crippen molar-refractivity contribution in [1.29, 1.82) is 0 Å². The molecule has 2 heteroatoms. The zero-order valence-electron chi connectivity index (χ0n) is 6.01. The molecule has 1 aliphatic rings. The monoisotopic (exact) mass is 151 g/mol. The van der Waals surface area contributed by atoms with E-state index in [1.54, 1.807) is 12.1 Å².